The van der Waals surface area contributed by atoms with Crippen LogP contribution in [-0.4, -0.2) is 38.3 Å². The molecule has 7 heteroatoms. The molecule has 1 atom stereocenters. The summed E-state index contributed by atoms with van der Waals surface area (Å²) in [5.74, 6) is 0.349. The smallest absolute Gasteiger partial charge is 0.414 e. The molecule has 2 amide bonds. The van der Waals surface area contributed by atoms with E-state index in [1.54, 1.807) is 55.6 Å². The van der Waals surface area contributed by atoms with E-state index in [9.17, 15) is 9.59 Å². The van der Waals surface area contributed by atoms with Gasteiger partial charge in [-0.1, -0.05) is 29.8 Å². The van der Waals surface area contributed by atoms with Crippen LogP contribution in [0.3, 0.4) is 0 Å². The van der Waals surface area contributed by atoms with Crippen LogP contribution in [0.1, 0.15) is 10.4 Å². The third-order valence-electron chi connectivity index (χ3n) is 3.85. The third kappa shape index (κ3) is 3.85. The van der Waals surface area contributed by atoms with Gasteiger partial charge in [0.25, 0.3) is 5.91 Å². The molecule has 25 heavy (non-hydrogen) atoms. The van der Waals surface area contributed by atoms with Gasteiger partial charge in [-0.3, -0.25) is 9.69 Å². The Kier molecular flexibility index (Phi) is 5.09. The summed E-state index contributed by atoms with van der Waals surface area (Å²) in [5.41, 5.74) is 1.07. The molecule has 0 aliphatic carbocycles. The summed E-state index contributed by atoms with van der Waals surface area (Å²) in [7, 11) is 1.56. The number of cyclic esters (lactones) is 1. The number of carbonyl (C=O) groups is 2. The van der Waals surface area contributed by atoms with Gasteiger partial charge in [-0.15, -0.1) is 0 Å². The van der Waals surface area contributed by atoms with Crippen LogP contribution in [0.4, 0.5) is 10.5 Å². The van der Waals surface area contributed by atoms with Crippen LogP contribution in [0.25, 0.3) is 0 Å². The van der Waals surface area contributed by atoms with E-state index < -0.39 is 12.2 Å². The van der Waals surface area contributed by atoms with Gasteiger partial charge in [0.2, 0.25) is 0 Å². The molecule has 2 aromatic carbocycles. The fourth-order valence-corrected chi connectivity index (χ4v) is 2.79. The summed E-state index contributed by atoms with van der Waals surface area (Å²) in [6, 6.07) is 13.9. The minimum atomic E-state index is -0.453. The first-order valence-electron chi connectivity index (χ1n) is 7.73. The first-order chi connectivity index (χ1) is 12.1. The molecule has 0 aromatic heterocycles. The van der Waals surface area contributed by atoms with E-state index in [1.807, 2.05) is 0 Å². The highest BCUT2D eigenvalue weighted by molar-refractivity contribution is 6.33. The van der Waals surface area contributed by atoms with E-state index in [2.05, 4.69) is 5.32 Å². The summed E-state index contributed by atoms with van der Waals surface area (Å²) >= 11 is 6.00. The van der Waals surface area contributed by atoms with Crippen molar-refractivity contribution in [2.45, 2.75) is 6.10 Å². The lowest BCUT2D eigenvalue weighted by atomic mass is 10.2. The lowest BCUT2D eigenvalue weighted by molar-refractivity contribution is 0.0916. The zero-order valence-electron chi connectivity index (χ0n) is 13.6. The van der Waals surface area contributed by atoms with Gasteiger partial charge < -0.3 is 14.8 Å². The van der Waals surface area contributed by atoms with Crippen LogP contribution < -0.4 is 15.0 Å². The summed E-state index contributed by atoms with van der Waals surface area (Å²) in [6.07, 6.45) is -0.893. The highest BCUT2D eigenvalue weighted by Crippen LogP contribution is 2.25. The minimum Gasteiger partial charge on any atom is -0.497 e. The molecule has 0 radical (unpaired) electrons. The maximum atomic E-state index is 12.2. The molecule has 1 unspecified atom stereocenters. The second kappa shape index (κ2) is 7.44. The highest BCUT2D eigenvalue weighted by Gasteiger charge is 2.32. The molecule has 1 fully saturated rings. The Morgan fingerprint density at radius 1 is 1.32 bits per heavy atom. The minimum absolute atomic E-state index is 0.205. The first-order valence-corrected chi connectivity index (χ1v) is 8.11. The van der Waals surface area contributed by atoms with Gasteiger partial charge in [-0.2, -0.15) is 0 Å². The molecule has 1 N–H and O–H groups in total. The normalized spacial score (nSPS) is 16.5. The van der Waals surface area contributed by atoms with Crippen molar-refractivity contribution < 1.29 is 19.1 Å². The van der Waals surface area contributed by atoms with Gasteiger partial charge in [0.05, 0.1) is 36.5 Å². The third-order valence-corrected chi connectivity index (χ3v) is 4.18. The van der Waals surface area contributed by atoms with Crippen molar-refractivity contribution in [2.75, 3.05) is 25.1 Å². The van der Waals surface area contributed by atoms with Gasteiger partial charge in [0.1, 0.15) is 11.9 Å². The van der Waals surface area contributed by atoms with Crippen molar-refractivity contribution in [3.8, 4) is 5.75 Å². The van der Waals surface area contributed by atoms with E-state index in [0.29, 0.717) is 28.6 Å². The number of methoxy groups -OCH3 is 1. The molecule has 0 bridgehead atoms. The molecule has 1 aliphatic rings. The second-order valence-electron chi connectivity index (χ2n) is 5.51. The van der Waals surface area contributed by atoms with E-state index >= 15 is 0 Å². The van der Waals surface area contributed by atoms with Crippen LogP contribution in [0, 0.1) is 0 Å². The number of benzene rings is 2. The monoisotopic (exact) mass is 360 g/mol. The van der Waals surface area contributed by atoms with Crippen LogP contribution in [0.15, 0.2) is 48.5 Å². The van der Waals surface area contributed by atoms with E-state index in [-0.39, 0.29) is 12.5 Å². The Bertz CT molecular complexity index is 796. The largest absolute Gasteiger partial charge is 0.497 e. The van der Waals surface area contributed by atoms with Crippen LogP contribution in [0.2, 0.25) is 5.02 Å². The number of hydrogen-bond acceptors (Lipinski definition) is 4. The Balaban J connectivity index is 1.61. The number of ether oxygens (including phenoxy) is 2. The van der Waals surface area contributed by atoms with Gasteiger partial charge in [-0.25, -0.2) is 4.79 Å². The molecule has 0 saturated carbocycles. The zero-order valence-corrected chi connectivity index (χ0v) is 14.3. The van der Waals surface area contributed by atoms with Crippen molar-refractivity contribution in [3.63, 3.8) is 0 Å². The van der Waals surface area contributed by atoms with Crippen molar-refractivity contribution in [3.05, 3.63) is 59.1 Å². The number of anilines is 1. The maximum Gasteiger partial charge on any atom is 0.414 e. The van der Waals surface area contributed by atoms with Crippen molar-refractivity contribution >= 4 is 29.3 Å². The zero-order chi connectivity index (χ0) is 17.8. The summed E-state index contributed by atoms with van der Waals surface area (Å²) in [4.78, 5) is 25.8. The van der Waals surface area contributed by atoms with E-state index in [1.165, 1.54) is 4.90 Å². The predicted octanol–water partition coefficient (Wildman–Crippen LogP) is 3.10. The topological polar surface area (TPSA) is 67.9 Å². The number of nitrogens with one attached hydrogen (secondary N) is 1. The Labute approximate surface area is 150 Å². The maximum absolute atomic E-state index is 12.2. The molecule has 6 nitrogen and oxygen atoms in total. The standard InChI is InChI=1S/C18H17ClN2O4/c1-24-13-6-4-5-12(9-13)21-11-14(25-18(21)23)10-20-17(22)15-7-2-3-8-16(15)19/h2-9,14H,10-11H2,1H3,(H,20,22). The number of amides is 2. The average molecular weight is 361 g/mol. The summed E-state index contributed by atoms with van der Waals surface area (Å²) in [5, 5.41) is 3.12. The molecule has 0 spiro atoms. The predicted molar refractivity (Wildman–Crippen MR) is 94.4 cm³/mol. The van der Waals surface area contributed by atoms with Crippen molar-refractivity contribution in [2.24, 2.45) is 0 Å². The molecular weight excluding hydrogens is 344 g/mol. The number of carbonyl (C=O) groups excluding carboxylic acids is 2. The van der Waals surface area contributed by atoms with Crippen LogP contribution in [0.5, 0.6) is 5.75 Å². The molecule has 130 valence electrons. The first kappa shape index (κ1) is 17.1. The summed E-state index contributed by atoms with van der Waals surface area (Å²) in [6.45, 7) is 0.547. The second-order valence-corrected chi connectivity index (χ2v) is 5.91. The molecular formula is C18H17ClN2O4. The summed E-state index contributed by atoms with van der Waals surface area (Å²) < 4.78 is 10.5. The number of halogens is 1. The van der Waals surface area contributed by atoms with Gasteiger partial charge >= 0.3 is 6.09 Å². The van der Waals surface area contributed by atoms with Crippen LogP contribution >= 0.6 is 11.6 Å². The lowest BCUT2D eigenvalue weighted by Crippen LogP contribution is -2.34. The molecule has 2 aromatic rings. The number of rotatable bonds is 5. The lowest BCUT2D eigenvalue weighted by Gasteiger charge is -2.14. The van der Waals surface area contributed by atoms with Gasteiger partial charge in [0.15, 0.2) is 0 Å². The number of hydrogen-bond donors (Lipinski definition) is 1. The highest BCUT2D eigenvalue weighted by atomic mass is 35.5. The van der Waals surface area contributed by atoms with E-state index in [4.69, 9.17) is 21.1 Å². The van der Waals surface area contributed by atoms with Crippen molar-refractivity contribution in [1.82, 2.24) is 5.32 Å². The van der Waals surface area contributed by atoms with E-state index in [0.717, 1.165) is 0 Å². The molecule has 1 aliphatic heterocycles. The Morgan fingerprint density at radius 2 is 2.12 bits per heavy atom. The van der Waals surface area contributed by atoms with Crippen molar-refractivity contribution in [1.29, 1.82) is 0 Å². The fraction of sp³-hybridized carbons (Fsp3) is 0.222. The SMILES string of the molecule is COc1cccc(N2CC(CNC(=O)c3ccccc3Cl)OC2=O)c1. The number of nitrogens with zero attached hydrogens (tertiary/aromatic N) is 1. The van der Waals surface area contributed by atoms with Gasteiger partial charge in [-0.05, 0) is 24.3 Å². The molecule has 1 saturated heterocycles. The average Bonchev–Trinajstić information content (AvgIpc) is 3.01. The fourth-order valence-electron chi connectivity index (χ4n) is 2.56. The molecule has 3 rings (SSSR count). The van der Waals surface area contributed by atoms with Crippen LogP contribution in [-0.2, 0) is 4.74 Å². The Morgan fingerprint density at radius 3 is 2.88 bits per heavy atom. The Hall–Kier alpha value is -2.73. The molecule has 1 heterocycles. The van der Waals surface area contributed by atoms with Gasteiger partial charge in [0, 0.05) is 6.07 Å². The quantitative estimate of drug-likeness (QED) is 0.889.